The van der Waals surface area contributed by atoms with Gasteiger partial charge in [-0.3, -0.25) is 25.0 Å². The SMILES string of the molecule is O=C1CC2=C(C(=O)N1)C(c1cccc([N+](=O)[O-])c1)C=C(c1ccccc1)O2. The second-order valence-electron chi connectivity index (χ2n) is 6.22. The fraction of sp³-hybridized carbons (Fsp3) is 0.100. The van der Waals surface area contributed by atoms with E-state index in [0.717, 1.165) is 5.56 Å². The topological polar surface area (TPSA) is 98.5 Å². The number of amides is 2. The summed E-state index contributed by atoms with van der Waals surface area (Å²) in [6, 6.07) is 15.4. The molecule has 0 fully saturated rings. The van der Waals surface area contributed by atoms with Crippen LogP contribution in [0.3, 0.4) is 0 Å². The van der Waals surface area contributed by atoms with E-state index in [1.54, 1.807) is 18.2 Å². The fourth-order valence-corrected chi connectivity index (χ4v) is 3.27. The van der Waals surface area contributed by atoms with Crippen LogP contribution in [0.2, 0.25) is 0 Å². The molecule has 0 saturated heterocycles. The number of hydrogen-bond acceptors (Lipinski definition) is 5. The standard InChI is InChI=1S/C20H14N2O5/c23-18-11-17-19(20(24)21-18)15(13-7-4-8-14(9-13)22(25)26)10-16(27-17)12-5-2-1-3-6-12/h1-10,15H,11H2,(H,21,23,24). The van der Waals surface area contributed by atoms with Crippen LogP contribution in [0.5, 0.6) is 0 Å². The molecule has 2 aromatic rings. The van der Waals surface area contributed by atoms with E-state index in [-0.39, 0.29) is 17.9 Å². The number of non-ortho nitro benzene ring substituents is 1. The normalized spacial score (nSPS) is 19.0. The number of allylic oxidation sites excluding steroid dienone is 1. The van der Waals surface area contributed by atoms with Gasteiger partial charge in [0.15, 0.2) is 0 Å². The zero-order chi connectivity index (χ0) is 19.0. The van der Waals surface area contributed by atoms with Gasteiger partial charge in [-0.2, -0.15) is 0 Å². The van der Waals surface area contributed by atoms with Gasteiger partial charge in [-0.25, -0.2) is 0 Å². The number of carbonyl (C=O) groups excluding carboxylic acids is 2. The summed E-state index contributed by atoms with van der Waals surface area (Å²) in [6.07, 6.45) is 1.69. The Labute approximate surface area is 154 Å². The number of imide groups is 1. The van der Waals surface area contributed by atoms with E-state index in [1.165, 1.54) is 12.1 Å². The maximum Gasteiger partial charge on any atom is 0.269 e. The molecule has 4 rings (SSSR count). The second kappa shape index (κ2) is 6.53. The molecule has 2 aliphatic rings. The first kappa shape index (κ1) is 16.7. The predicted molar refractivity (Wildman–Crippen MR) is 96.1 cm³/mol. The highest BCUT2D eigenvalue weighted by molar-refractivity contribution is 6.09. The van der Waals surface area contributed by atoms with E-state index in [0.29, 0.717) is 16.9 Å². The van der Waals surface area contributed by atoms with Gasteiger partial charge in [-0.15, -0.1) is 0 Å². The minimum Gasteiger partial charge on any atom is -0.460 e. The first-order valence-corrected chi connectivity index (χ1v) is 8.29. The Bertz CT molecular complexity index is 1020. The van der Waals surface area contributed by atoms with Crippen molar-refractivity contribution in [1.29, 1.82) is 0 Å². The van der Waals surface area contributed by atoms with Crippen molar-refractivity contribution in [2.24, 2.45) is 0 Å². The highest BCUT2D eigenvalue weighted by Crippen LogP contribution is 2.41. The van der Waals surface area contributed by atoms with Crippen LogP contribution < -0.4 is 5.32 Å². The first-order valence-electron chi connectivity index (χ1n) is 8.29. The van der Waals surface area contributed by atoms with Crippen molar-refractivity contribution in [3.05, 3.63) is 93.2 Å². The van der Waals surface area contributed by atoms with E-state index in [2.05, 4.69) is 5.32 Å². The highest BCUT2D eigenvalue weighted by Gasteiger charge is 2.36. The molecule has 1 unspecified atom stereocenters. The van der Waals surface area contributed by atoms with Crippen molar-refractivity contribution in [2.45, 2.75) is 12.3 Å². The molecule has 2 heterocycles. The van der Waals surface area contributed by atoms with Crippen LogP contribution in [-0.2, 0) is 14.3 Å². The lowest BCUT2D eigenvalue weighted by atomic mass is 9.84. The molecule has 2 amide bonds. The zero-order valence-corrected chi connectivity index (χ0v) is 14.0. The summed E-state index contributed by atoms with van der Waals surface area (Å²) in [5.41, 5.74) is 1.61. The number of nitro benzene ring substituents is 1. The number of carbonyl (C=O) groups is 2. The van der Waals surface area contributed by atoms with Gasteiger partial charge < -0.3 is 4.74 Å². The molecule has 2 aliphatic heterocycles. The molecule has 0 spiro atoms. The lowest BCUT2D eigenvalue weighted by Gasteiger charge is -2.30. The Morgan fingerprint density at radius 3 is 2.59 bits per heavy atom. The van der Waals surface area contributed by atoms with E-state index >= 15 is 0 Å². The molecule has 0 saturated carbocycles. The Morgan fingerprint density at radius 2 is 1.85 bits per heavy atom. The smallest absolute Gasteiger partial charge is 0.269 e. The average Bonchev–Trinajstić information content (AvgIpc) is 2.67. The van der Waals surface area contributed by atoms with Gasteiger partial charge in [0.05, 0.1) is 16.9 Å². The Kier molecular flexibility index (Phi) is 4.04. The monoisotopic (exact) mass is 362 g/mol. The number of nitrogens with one attached hydrogen (secondary N) is 1. The third kappa shape index (κ3) is 3.10. The van der Waals surface area contributed by atoms with Gasteiger partial charge in [-0.1, -0.05) is 42.5 Å². The summed E-state index contributed by atoms with van der Waals surface area (Å²) in [5, 5.41) is 13.4. The summed E-state index contributed by atoms with van der Waals surface area (Å²) in [7, 11) is 0. The zero-order valence-electron chi connectivity index (χ0n) is 14.0. The molecular formula is C20H14N2O5. The van der Waals surface area contributed by atoms with E-state index < -0.39 is 22.7 Å². The van der Waals surface area contributed by atoms with Crippen molar-refractivity contribution in [1.82, 2.24) is 5.32 Å². The number of benzene rings is 2. The van der Waals surface area contributed by atoms with Crippen LogP contribution in [-0.4, -0.2) is 16.7 Å². The lowest BCUT2D eigenvalue weighted by molar-refractivity contribution is -0.384. The van der Waals surface area contributed by atoms with Crippen LogP contribution in [0.15, 0.2) is 72.0 Å². The Hall–Kier alpha value is -3.74. The first-order chi connectivity index (χ1) is 13.0. The van der Waals surface area contributed by atoms with E-state index in [4.69, 9.17) is 4.74 Å². The summed E-state index contributed by atoms with van der Waals surface area (Å²) in [6.45, 7) is 0. The van der Waals surface area contributed by atoms with E-state index in [1.807, 2.05) is 30.3 Å². The molecule has 1 atom stereocenters. The minimum absolute atomic E-state index is 0.0589. The van der Waals surface area contributed by atoms with Crippen molar-refractivity contribution in [2.75, 3.05) is 0 Å². The van der Waals surface area contributed by atoms with Gasteiger partial charge in [0.1, 0.15) is 11.5 Å². The Balaban J connectivity index is 1.86. The lowest BCUT2D eigenvalue weighted by Crippen LogP contribution is -2.39. The molecule has 27 heavy (non-hydrogen) atoms. The average molecular weight is 362 g/mol. The van der Waals surface area contributed by atoms with Crippen molar-refractivity contribution >= 4 is 23.3 Å². The predicted octanol–water partition coefficient (Wildman–Crippen LogP) is 3.05. The second-order valence-corrected chi connectivity index (χ2v) is 6.22. The molecule has 134 valence electrons. The van der Waals surface area contributed by atoms with Crippen LogP contribution in [0, 0.1) is 10.1 Å². The van der Waals surface area contributed by atoms with Crippen LogP contribution in [0.25, 0.3) is 5.76 Å². The molecule has 0 aromatic heterocycles. The minimum atomic E-state index is -0.558. The molecule has 1 N–H and O–H groups in total. The van der Waals surface area contributed by atoms with Crippen LogP contribution in [0.1, 0.15) is 23.5 Å². The largest absolute Gasteiger partial charge is 0.460 e. The molecule has 0 bridgehead atoms. The Morgan fingerprint density at radius 1 is 1.07 bits per heavy atom. The third-order valence-electron chi connectivity index (χ3n) is 4.48. The van der Waals surface area contributed by atoms with Gasteiger partial charge >= 0.3 is 0 Å². The molecule has 7 nitrogen and oxygen atoms in total. The quantitative estimate of drug-likeness (QED) is 0.514. The number of rotatable bonds is 3. The van der Waals surface area contributed by atoms with Crippen molar-refractivity contribution < 1.29 is 19.2 Å². The maximum atomic E-state index is 12.5. The number of nitrogens with zero attached hydrogens (tertiary/aromatic N) is 1. The summed E-state index contributed by atoms with van der Waals surface area (Å²) < 4.78 is 5.87. The molecule has 0 aliphatic carbocycles. The van der Waals surface area contributed by atoms with E-state index in [9.17, 15) is 19.7 Å². The fourth-order valence-electron chi connectivity index (χ4n) is 3.27. The molecular weight excluding hydrogens is 348 g/mol. The van der Waals surface area contributed by atoms with Crippen LogP contribution in [0.4, 0.5) is 5.69 Å². The molecule has 0 radical (unpaired) electrons. The van der Waals surface area contributed by atoms with Crippen LogP contribution >= 0.6 is 0 Å². The van der Waals surface area contributed by atoms with Crippen molar-refractivity contribution in [3.63, 3.8) is 0 Å². The number of nitro groups is 1. The summed E-state index contributed by atoms with van der Waals surface area (Å²) >= 11 is 0. The third-order valence-corrected chi connectivity index (χ3v) is 4.48. The van der Waals surface area contributed by atoms with Crippen molar-refractivity contribution in [3.8, 4) is 0 Å². The maximum absolute atomic E-state index is 12.5. The number of ether oxygens (including phenoxy) is 1. The highest BCUT2D eigenvalue weighted by atomic mass is 16.6. The summed E-state index contributed by atoms with van der Waals surface area (Å²) in [5.74, 6) is -0.751. The molecule has 7 heteroatoms. The molecule has 2 aromatic carbocycles. The summed E-state index contributed by atoms with van der Waals surface area (Å²) in [4.78, 5) is 34.9. The van der Waals surface area contributed by atoms with Gasteiger partial charge in [0.25, 0.3) is 11.6 Å². The number of hydrogen-bond donors (Lipinski definition) is 1. The van der Waals surface area contributed by atoms with Gasteiger partial charge in [-0.05, 0) is 11.6 Å². The van der Waals surface area contributed by atoms with Gasteiger partial charge in [0.2, 0.25) is 5.91 Å². The van der Waals surface area contributed by atoms with Gasteiger partial charge in [0, 0.05) is 23.6 Å².